The number of hydrogen-bond acceptors (Lipinski definition) is 6. The van der Waals surface area contributed by atoms with Crippen LogP contribution in [0.15, 0.2) is 23.1 Å². The molecule has 1 aromatic rings. The minimum Gasteiger partial charge on any atom is -0.366 e. The number of nitrogens with zero attached hydrogens (tertiary/aromatic N) is 2. The molecule has 2 aliphatic heterocycles. The molecule has 2 aliphatic rings. The summed E-state index contributed by atoms with van der Waals surface area (Å²) in [5, 5.41) is 2.43. The summed E-state index contributed by atoms with van der Waals surface area (Å²) in [6.07, 6.45) is 2.03. The Hall–Kier alpha value is -1.74. The van der Waals surface area contributed by atoms with Crippen LogP contribution in [0.5, 0.6) is 0 Å². The van der Waals surface area contributed by atoms with Crippen molar-refractivity contribution in [3.63, 3.8) is 0 Å². The number of benzene rings is 1. The summed E-state index contributed by atoms with van der Waals surface area (Å²) < 4.78 is 0. The fraction of sp³-hybridized carbons (Fsp3) is 0.353. The highest BCUT2D eigenvalue weighted by Gasteiger charge is 2.27. The second-order valence-corrected chi connectivity index (χ2v) is 7.36. The molecule has 0 aromatic heterocycles. The van der Waals surface area contributed by atoms with Crippen molar-refractivity contribution in [2.75, 3.05) is 37.6 Å². The zero-order chi connectivity index (χ0) is 18.7. The van der Waals surface area contributed by atoms with Crippen molar-refractivity contribution in [1.82, 2.24) is 10.2 Å². The number of piperazine rings is 1. The Morgan fingerprint density at radius 3 is 2.56 bits per heavy atom. The van der Waals surface area contributed by atoms with Crippen molar-refractivity contribution in [1.29, 1.82) is 0 Å². The lowest BCUT2D eigenvalue weighted by atomic mass is 10.1. The van der Waals surface area contributed by atoms with Gasteiger partial charge in [0.15, 0.2) is 0 Å². The van der Waals surface area contributed by atoms with Gasteiger partial charge in [0.1, 0.15) is 0 Å². The molecular weight excluding hydrogens is 411 g/mol. The summed E-state index contributed by atoms with van der Waals surface area (Å²) in [6, 6.07) is 5.45. The molecule has 0 bridgehead atoms. The van der Waals surface area contributed by atoms with Crippen LogP contribution in [0.3, 0.4) is 0 Å². The Labute approximate surface area is 172 Å². The standard InChI is InChI=1S/C17H19ClN4O3S.ClH/c18-12-3-1-2-11(10-13-16(24)20-17(25)26-13)15(12)22-8-6-21(7-9-22)14(23)4-5-19;/h1-3,10H,4-9,19H2,(H,20,24,25);1H. The second-order valence-electron chi connectivity index (χ2n) is 5.94. The quantitative estimate of drug-likeness (QED) is 0.709. The fourth-order valence-electron chi connectivity index (χ4n) is 3.01. The van der Waals surface area contributed by atoms with Crippen LogP contribution in [-0.4, -0.2) is 54.7 Å². The van der Waals surface area contributed by atoms with E-state index in [2.05, 4.69) is 10.2 Å². The van der Waals surface area contributed by atoms with Gasteiger partial charge in [-0.3, -0.25) is 19.7 Å². The molecule has 3 rings (SSSR count). The molecule has 2 heterocycles. The molecule has 10 heteroatoms. The number of nitrogens with one attached hydrogen (secondary N) is 1. The van der Waals surface area contributed by atoms with E-state index in [9.17, 15) is 14.4 Å². The van der Waals surface area contributed by atoms with Gasteiger partial charge in [0.2, 0.25) is 5.91 Å². The maximum atomic E-state index is 12.0. The average molecular weight is 431 g/mol. The molecule has 2 saturated heterocycles. The number of hydrogen-bond donors (Lipinski definition) is 2. The number of anilines is 1. The topological polar surface area (TPSA) is 95.7 Å². The Morgan fingerprint density at radius 2 is 1.96 bits per heavy atom. The number of amides is 3. The van der Waals surface area contributed by atoms with E-state index in [4.69, 9.17) is 17.3 Å². The van der Waals surface area contributed by atoms with Crippen molar-refractivity contribution < 1.29 is 14.4 Å². The number of nitrogens with two attached hydrogens (primary N) is 1. The van der Waals surface area contributed by atoms with E-state index >= 15 is 0 Å². The van der Waals surface area contributed by atoms with Gasteiger partial charge >= 0.3 is 0 Å². The van der Waals surface area contributed by atoms with Crippen LogP contribution in [-0.2, 0) is 9.59 Å². The predicted molar refractivity (Wildman–Crippen MR) is 110 cm³/mol. The Balaban J connectivity index is 0.00000261. The van der Waals surface area contributed by atoms with E-state index in [1.54, 1.807) is 23.1 Å². The maximum Gasteiger partial charge on any atom is 0.290 e. The van der Waals surface area contributed by atoms with Gasteiger partial charge in [0.05, 0.1) is 15.6 Å². The molecule has 0 saturated carbocycles. The highest BCUT2D eigenvalue weighted by Crippen LogP contribution is 2.34. The molecule has 0 aliphatic carbocycles. The average Bonchev–Trinajstić information content (AvgIpc) is 2.93. The summed E-state index contributed by atoms with van der Waals surface area (Å²) in [5.41, 5.74) is 7.03. The predicted octanol–water partition coefficient (Wildman–Crippen LogP) is 2.08. The zero-order valence-electron chi connectivity index (χ0n) is 14.4. The molecule has 3 N–H and O–H groups in total. The summed E-state index contributed by atoms with van der Waals surface area (Å²) in [7, 11) is 0. The van der Waals surface area contributed by atoms with E-state index < -0.39 is 5.91 Å². The summed E-state index contributed by atoms with van der Waals surface area (Å²) >= 11 is 7.29. The van der Waals surface area contributed by atoms with E-state index in [1.807, 2.05) is 6.07 Å². The molecule has 0 spiro atoms. The van der Waals surface area contributed by atoms with E-state index in [-0.39, 0.29) is 23.6 Å². The third-order valence-electron chi connectivity index (χ3n) is 4.25. The van der Waals surface area contributed by atoms with Gasteiger partial charge in [-0.2, -0.15) is 0 Å². The smallest absolute Gasteiger partial charge is 0.290 e. The zero-order valence-corrected chi connectivity index (χ0v) is 16.8. The number of para-hydroxylation sites is 1. The fourth-order valence-corrected chi connectivity index (χ4v) is 3.98. The van der Waals surface area contributed by atoms with Crippen molar-refractivity contribution >= 4 is 64.6 Å². The molecule has 146 valence electrons. The van der Waals surface area contributed by atoms with Gasteiger partial charge in [-0.25, -0.2) is 0 Å². The third kappa shape index (κ3) is 4.95. The largest absolute Gasteiger partial charge is 0.366 e. The van der Waals surface area contributed by atoms with E-state index in [0.29, 0.717) is 49.1 Å². The lowest BCUT2D eigenvalue weighted by molar-refractivity contribution is -0.131. The normalized spacial score (nSPS) is 18.5. The van der Waals surface area contributed by atoms with Gasteiger partial charge in [-0.1, -0.05) is 23.7 Å². The molecule has 0 radical (unpaired) electrons. The molecule has 2 fully saturated rings. The van der Waals surface area contributed by atoms with Gasteiger partial charge < -0.3 is 15.5 Å². The molecule has 27 heavy (non-hydrogen) atoms. The SMILES string of the molecule is Cl.NCCC(=O)N1CCN(c2c(Cl)cccc2C=C2SC(=O)NC2=O)CC1. The van der Waals surface area contributed by atoms with Crippen LogP contribution in [0.25, 0.3) is 6.08 Å². The lowest BCUT2D eigenvalue weighted by Crippen LogP contribution is -2.49. The Kier molecular flexibility index (Phi) is 7.55. The van der Waals surface area contributed by atoms with Crippen molar-refractivity contribution in [2.24, 2.45) is 5.73 Å². The molecular formula is C17H20Cl2N4O3S. The minimum atomic E-state index is -0.400. The van der Waals surface area contributed by atoms with Gasteiger partial charge in [0, 0.05) is 44.7 Å². The highest BCUT2D eigenvalue weighted by molar-refractivity contribution is 8.18. The first kappa shape index (κ1) is 21.6. The summed E-state index contributed by atoms with van der Waals surface area (Å²) in [6.45, 7) is 2.80. The van der Waals surface area contributed by atoms with Crippen LogP contribution in [0.2, 0.25) is 5.02 Å². The minimum absolute atomic E-state index is 0. The first-order chi connectivity index (χ1) is 12.5. The van der Waals surface area contributed by atoms with Crippen LogP contribution < -0.4 is 16.0 Å². The van der Waals surface area contributed by atoms with Crippen LogP contribution in [0.1, 0.15) is 12.0 Å². The molecule has 0 atom stereocenters. The van der Waals surface area contributed by atoms with Crippen molar-refractivity contribution in [2.45, 2.75) is 6.42 Å². The molecule has 1 aromatic carbocycles. The summed E-state index contributed by atoms with van der Waals surface area (Å²) in [5.74, 6) is -0.339. The van der Waals surface area contributed by atoms with E-state index in [0.717, 1.165) is 23.0 Å². The number of carbonyl (C=O) groups is 3. The lowest BCUT2D eigenvalue weighted by Gasteiger charge is -2.37. The number of rotatable bonds is 4. The highest BCUT2D eigenvalue weighted by atomic mass is 35.5. The molecule has 3 amide bonds. The van der Waals surface area contributed by atoms with Crippen LogP contribution in [0, 0.1) is 0 Å². The Bertz CT molecular complexity index is 779. The third-order valence-corrected chi connectivity index (χ3v) is 5.37. The second kappa shape index (κ2) is 9.45. The first-order valence-electron chi connectivity index (χ1n) is 8.25. The van der Waals surface area contributed by atoms with Crippen molar-refractivity contribution in [3.8, 4) is 0 Å². The van der Waals surface area contributed by atoms with Crippen LogP contribution >= 0.6 is 35.8 Å². The number of carbonyl (C=O) groups excluding carboxylic acids is 3. The number of imide groups is 1. The van der Waals surface area contributed by atoms with Gasteiger partial charge in [0.25, 0.3) is 11.1 Å². The summed E-state index contributed by atoms with van der Waals surface area (Å²) in [4.78, 5) is 39.4. The maximum absolute atomic E-state index is 12.0. The monoisotopic (exact) mass is 430 g/mol. The Morgan fingerprint density at radius 1 is 1.26 bits per heavy atom. The first-order valence-corrected chi connectivity index (χ1v) is 9.45. The number of halogens is 2. The molecule has 0 unspecified atom stereocenters. The molecule has 7 nitrogen and oxygen atoms in total. The van der Waals surface area contributed by atoms with Crippen LogP contribution in [0.4, 0.5) is 10.5 Å². The van der Waals surface area contributed by atoms with Gasteiger partial charge in [-0.05, 0) is 23.9 Å². The number of thioether (sulfide) groups is 1. The van der Waals surface area contributed by atoms with Gasteiger partial charge in [-0.15, -0.1) is 12.4 Å². The van der Waals surface area contributed by atoms with Crippen molar-refractivity contribution in [3.05, 3.63) is 33.7 Å². The van der Waals surface area contributed by atoms with E-state index in [1.165, 1.54) is 0 Å².